The van der Waals surface area contributed by atoms with Crippen molar-refractivity contribution < 1.29 is 31.1 Å². The van der Waals surface area contributed by atoms with E-state index in [0.29, 0.717) is 34.4 Å². The average Bonchev–Trinajstić information content (AvgIpc) is 3.43. The third-order valence-electron chi connectivity index (χ3n) is 7.57. The molecule has 2 unspecified atom stereocenters. The number of halogens is 7. The number of carbonyl (C=O) groups is 1. The Hall–Kier alpha value is -4.90. The van der Waals surface area contributed by atoms with Crippen LogP contribution in [-0.2, 0) is 4.79 Å². The molecule has 1 aliphatic heterocycles. The van der Waals surface area contributed by atoms with Crippen molar-refractivity contribution in [3.63, 3.8) is 0 Å². The molecule has 18 heteroatoms. The molecule has 2 bridgehead atoms. The van der Waals surface area contributed by atoms with Crippen LogP contribution >= 0.6 is 11.6 Å². The first-order valence-corrected chi connectivity index (χ1v) is 14.3. The van der Waals surface area contributed by atoms with E-state index in [1.54, 1.807) is 6.92 Å². The van der Waals surface area contributed by atoms with Gasteiger partial charge in [-0.2, -0.15) is 27.1 Å². The van der Waals surface area contributed by atoms with Crippen molar-refractivity contribution in [1.29, 1.82) is 0 Å². The Morgan fingerprint density at radius 1 is 1.17 bits per heavy atom. The molecular formula is C29H26ClF6N9O2. The Labute approximate surface area is 267 Å². The highest BCUT2D eigenvalue weighted by molar-refractivity contribution is 6.31. The number of benzene rings is 1. The van der Waals surface area contributed by atoms with Gasteiger partial charge in [0.1, 0.15) is 11.5 Å². The Balaban J connectivity index is 1.60. The smallest absolute Gasteiger partial charge is 0.393 e. The lowest BCUT2D eigenvalue weighted by molar-refractivity contribution is -0.119. The molecule has 2 atom stereocenters. The minimum absolute atomic E-state index is 0.0587. The number of alkyl halides is 5. The Morgan fingerprint density at radius 2 is 1.91 bits per heavy atom. The summed E-state index contributed by atoms with van der Waals surface area (Å²) in [7, 11) is 0. The van der Waals surface area contributed by atoms with Gasteiger partial charge >= 0.3 is 12.7 Å². The molecule has 0 saturated carbocycles. The van der Waals surface area contributed by atoms with E-state index in [9.17, 15) is 35.9 Å². The quantitative estimate of drug-likeness (QED) is 0.137. The Kier molecular flexibility index (Phi) is 9.31. The van der Waals surface area contributed by atoms with Crippen LogP contribution in [0, 0.1) is 11.7 Å². The van der Waals surface area contributed by atoms with E-state index in [-0.39, 0.29) is 40.3 Å². The summed E-state index contributed by atoms with van der Waals surface area (Å²) in [5.74, 6) is 3.86. The fourth-order valence-corrected chi connectivity index (χ4v) is 5.30. The van der Waals surface area contributed by atoms with Gasteiger partial charge in [0.05, 0.1) is 52.0 Å². The van der Waals surface area contributed by atoms with Gasteiger partial charge in [-0.3, -0.25) is 24.1 Å². The molecule has 3 aromatic heterocycles. The molecule has 0 radical (unpaired) electrons. The molecule has 47 heavy (non-hydrogen) atoms. The topological polar surface area (TPSA) is 150 Å². The minimum atomic E-state index is -4.93. The number of nitrogens with zero attached hydrogens (tertiary/aromatic N) is 6. The van der Waals surface area contributed by atoms with Crippen molar-refractivity contribution >= 4 is 28.9 Å². The fourth-order valence-electron chi connectivity index (χ4n) is 5.14. The third-order valence-corrected chi connectivity index (χ3v) is 7.86. The third kappa shape index (κ3) is 6.95. The molecule has 4 aromatic rings. The number of rotatable bonds is 5. The number of carbonyl (C=O) groups excluding carboxylic acids is 1. The first-order chi connectivity index (χ1) is 22.1. The summed E-state index contributed by atoms with van der Waals surface area (Å²) in [6.07, 6.45) is 0.169. The summed E-state index contributed by atoms with van der Waals surface area (Å²) in [5.41, 5.74) is 2.92. The van der Waals surface area contributed by atoms with Crippen LogP contribution < -0.4 is 27.5 Å². The summed E-state index contributed by atoms with van der Waals surface area (Å²) < 4.78 is 83.1. The lowest BCUT2D eigenvalue weighted by Gasteiger charge is -2.23. The summed E-state index contributed by atoms with van der Waals surface area (Å²) in [5, 5.41) is 6.43. The van der Waals surface area contributed by atoms with Crippen molar-refractivity contribution in [1.82, 2.24) is 24.3 Å². The first kappa shape index (κ1) is 33.5. The number of hydrogen-bond acceptors (Lipinski definition) is 8. The van der Waals surface area contributed by atoms with E-state index >= 15 is 0 Å². The highest BCUT2D eigenvalue weighted by Crippen LogP contribution is 2.36. The maximum Gasteiger partial charge on any atom is 0.432 e. The monoisotopic (exact) mass is 681 g/mol. The molecule has 1 amide bonds. The van der Waals surface area contributed by atoms with Crippen LogP contribution in [0.15, 0.2) is 65.7 Å². The van der Waals surface area contributed by atoms with Crippen LogP contribution in [0.3, 0.4) is 0 Å². The number of hydrogen-bond donors (Lipinski definition) is 3. The second-order valence-corrected chi connectivity index (χ2v) is 11.1. The van der Waals surface area contributed by atoms with Crippen molar-refractivity contribution in [2.45, 2.75) is 45.0 Å². The van der Waals surface area contributed by atoms with E-state index in [4.69, 9.17) is 23.2 Å². The van der Waals surface area contributed by atoms with E-state index in [2.05, 4.69) is 20.4 Å². The molecule has 248 valence electrons. The first-order valence-electron chi connectivity index (χ1n) is 13.9. The highest BCUT2D eigenvalue weighted by Gasteiger charge is 2.32. The number of anilines is 2. The Bertz CT molecular complexity index is 1910. The van der Waals surface area contributed by atoms with Gasteiger partial charge in [0, 0.05) is 41.6 Å². The zero-order valence-electron chi connectivity index (χ0n) is 24.3. The van der Waals surface area contributed by atoms with Crippen LogP contribution in [0.4, 0.5) is 37.7 Å². The normalized spacial score (nSPS) is 17.5. The zero-order valence-corrected chi connectivity index (χ0v) is 25.1. The van der Waals surface area contributed by atoms with Crippen LogP contribution in [0.1, 0.15) is 44.5 Å². The summed E-state index contributed by atoms with van der Waals surface area (Å²) in [6, 6.07) is 5.04. The molecule has 1 aromatic carbocycles. The number of amides is 1. The number of fused-ring (bicyclic) bond motifs is 4. The van der Waals surface area contributed by atoms with E-state index in [1.165, 1.54) is 22.9 Å². The number of nitrogens with one attached hydrogen (secondary N) is 1. The molecule has 4 heterocycles. The van der Waals surface area contributed by atoms with Gasteiger partial charge in [-0.25, -0.2) is 19.9 Å². The molecule has 0 spiro atoms. The van der Waals surface area contributed by atoms with Crippen molar-refractivity contribution in [3.8, 4) is 22.5 Å². The van der Waals surface area contributed by atoms with Gasteiger partial charge in [0.15, 0.2) is 0 Å². The second-order valence-electron chi connectivity index (χ2n) is 10.7. The van der Waals surface area contributed by atoms with Crippen LogP contribution in [0.2, 0.25) is 5.02 Å². The summed E-state index contributed by atoms with van der Waals surface area (Å²) in [6.45, 7) is -1.35. The van der Waals surface area contributed by atoms with Gasteiger partial charge in [0.25, 0.3) is 5.56 Å². The highest BCUT2D eigenvalue weighted by atomic mass is 35.5. The van der Waals surface area contributed by atoms with E-state index in [0.717, 1.165) is 30.7 Å². The molecule has 0 aliphatic carbocycles. The maximum atomic E-state index is 14.4. The lowest BCUT2D eigenvalue weighted by Crippen LogP contribution is -2.30. The van der Waals surface area contributed by atoms with Crippen molar-refractivity contribution in [3.05, 3.63) is 87.8 Å². The molecule has 5 rings (SSSR count). The largest absolute Gasteiger partial charge is 0.432 e. The molecule has 1 aliphatic rings. The van der Waals surface area contributed by atoms with Crippen LogP contribution in [-0.4, -0.2) is 36.4 Å². The van der Waals surface area contributed by atoms with Gasteiger partial charge < -0.3 is 11.1 Å². The predicted molar refractivity (Wildman–Crippen MR) is 160 cm³/mol. The standard InChI is InChI=1S/C29H26ClF6N9O2/c1-14-3-2-4-22(20-7-15(5-6-39-20)26-21(42-27(14)47)11-41-45(26)28(32)33)43-13-40-19(10-25(43)46)16-8-17(30)18(31)9-23(16)44(38)12-24(37)29(34,35)36/h5-14,22,28H,2-4,37-38H2,1H3,(H,42,47)/b24-12-. The molecule has 5 N–H and O–H groups in total. The average molecular weight is 682 g/mol. The van der Waals surface area contributed by atoms with Gasteiger partial charge in [-0.15, -0.1) is 0 Å². The zero-order chi connectivity index (χ0) is 34.2. The minimum Gasteiger partial charge on any atom is -0.393 e. The Morgan fingerprint density at radius 3 is 2.60 bits per heavy atom. The van der Waals surface area contributed by atoms with Crippen molar-refractivity contribution in [2.24, 2.45) is 17.5 Å². The number of allylic oxidation sites excluding steroid dienone is 1. The second kappa shape index (κ2) is 13.1. The predicted octanol–water partition coefficient (Wildman–Crippen LogP) is 5.75. The molecular weight excluding hydrogens is 656 g/mol. The summed E-state index contributed by atoms with van der Waals surface area (Å²) in [4.78, 5) is 35.2. The van der Waals surface area contributed by atoms with Crippen LogP contribution in [0.5, 0.6) is 0 Å². The van der Waals surface area contributed by atoms with E-state index < -0.39 is 52.7 Å². The number of pyridine rings is 1. The summed E-state index contributed by atoms with van der Waals surface area (Å²) >= 11 is 5.96. The molecule has 0 fully saturated rings. The molecule has 11 nitrogen and oxygen atoms in total. The van der Waals surface area contributed by atoms with Gasteiger partial charge in [-0.05, 0) is 31.0 Å². The van der Waals surface area contributed by atoms with E-state index in [1.807, 2.05) is 0 Å². The van der Waals surface area contributed by atoms with Crippen molar-refractivity contribution in [2.75, 3.05) is 10.3 Å². The SMILES string of the molecule is CC1CCCC(n2cnc(-c3cc(Cl)c(F)cc3N(N)/C=C(\N)C(F)(F)F)cc2=O)c2cc(ccn2)-c2c(cnn2C(F)F)NC1=O. The number of hydrazine groups is 1. The molecule has 0 saturated heterocycles. The van der Waals surface area contributed by atoms with Gasteiger partial charge in [0.2, 0.25) is 5.91 Å². The number of aromatic nitrogens is 5. The number of nitrogens with two attached hydrogens (primary N) is 2. The van der Waals surface area contributed by atoms with Gasteiger partial charge in [-0.1, -0.05) is 24.9 Å². The van der Waals surface area contributed by atoms with Crippen LogP contribution in [0.25, 0.3) is 22.5 Å². The maximum absolute atomic E-state index is 14.4. The lowest BCUT2D eigenvalue weighted by atomic mass is 9.97. The fraction of sp³-hybridized carbons (Fsp3) is 0.276.